The minimum absolute atomic E-state index is 0.122. The lowest BCUT2D eigenvalue weighted by molar-refractivity contribution is -0.119. The SMILES string of the molecule is CCCCC(=O)CCN(C)S(=O)(=O)c1ccccc1. The van der Waals surface area contributed by atoms with Crippen molar-refractivity contribution in [2.45, 2.75) is 37.5 Å². The standard InChI is InChI=1S/C14H21NO3S/c1-3-4-8-13(16)11-12-15(2)19(17,18)14-9-6-5-7-10-14/h5-7,9-10H,3-4,8,11-12H2,1-2H3. The highest BCUT2D eigenvalue weighted by atomic mass is 32.2. The van der Waals surface area contributed by atoms with E-state index in [1.54, 1.807) is 30.3 Å². The minimum Gasteiger partial charge on any atom is -0.300 e. The third kappa shape index (κ3) is 4.76. The minimum atomic E-state index is -3.47. The lowest BCUT2D eigenvalue weighted by Crippen LogP contribution is -2.29. The molecule has 0 N–H and O–H groups in total. The van der Waals surface area contributed by atoms with E-state index in [1.807, 2.05) is 6.92 Å². The van der Waals surface area contributed by atoms with Crippen LogP contribution in [-0.2, 0) is 14.8 Å². The largest absolute Gasteiger partial charge is 0.300 e. The first-order valence-electron chi connectivity index (χ1n) is 6.51. The summed E-state index contributed by atoms with van der Waals surface area (Å²) < 4.78 is 25.6. The van der Waals surface area contributed by atoms with E-state index >= 15 is 0 Å². The highest BCUT2D eigenvalue weighted by molar-refractivity contribution is 7.89. The van der Waals surface area contributed by atoms with Crippen molar-refractivity contribution < 1.29 is 13.2 Å². The third-order valence-electron chi connectivity index (χ3n) is 2.97. The zero-order valence-electron chi connectivity index (χ0n) is 11.5. The number of carbonyl (C=O) groups excluding carboxylic acids is 1. The lowest BCUT2D eigenvalue weighted by Gasteiger charge is -2.16. The molecular formula is C14H21NO3S. The van der Waals surface area contributed by atoms with Gasteiger partial charge in [0.15, 0.2) is 0 Å². The number of hydrogen-bond acceptors (Lipinski definition) is 3. The van der Waals surface area contributed by atoms with Crippen molar-refractivity contribution in [2.24, 2.45) is 0 Å². The van der Waals surface area contributed by atoms with E-state index in [0.717, 1.165) is 12.8 Å². The van der Waals surface area contributed by atoms with Gasteiger partial charge in [-0.3, -0.25) is 4.79 Å². The molecule has 5 heteroatoms. The molecule has 0 fully saturated rings. The monoisotopic (exact) mass is 283 g/mol. The number of Topliss-reactive ketones (excluding diaryl/α,β-unsaturated/α-hetero) is 1. The molecule has 0 spiro atoms. The molecule has 0 aromatic heterocycles. The van der Waals surface area contributed by atoms with Crippen molar-refractivity contribution in [1.82, 2.24) is 4.31 Å². The molecule has 0 heterocycles. The van der Waals surface area contributed by atoms with E-state index in [-0.39, 0.29) is 23.6 Å². The lowest BCUT2D eigenvalue weighted by atomic mass is 10.1. The molecule has 4 nitrogen and oxygen atoms in total. The van der Waals surface area contributed by atoms with E-state index in [1.165, 1.54) is 11.4 Å². The summed E-state index contributed by atoms with van der Waals surface area (Å²) in [6.07, 6.45) is 2.66. The fourth-order valence-electron chi connectivity index (χ4n) is 1.67. The van der Waals surface area contributed by atoms with Crippen LogP contribution in [0.3, 0.4) is 0 Å². The smallest absolute Gasteiger partial charge is 0.242 e. The molecule has 0 bridgehead atoms. The van der Waals surface area contributed by atoms with Gasteiger partial charge in [-0.15, -0.1) is 0 Å². The summed E-state index contributed by atoms with van der Waals surface area (Å²) in [6.45, 7) is 2.26. The van der Waals surface area contributed by atoms with Crippen LogP contribution in [0, 0.1) is 0 Å². The number of ketones is 1. The predicted octanol–water partition coefficient (Wildman–Crippen LogP) is 2.46. The quantitative estimate of drug-likeness (QED) is 0.736. The highest BCUT2D eigenvalue weighted by Crippen LogP contribution is 2.14. The van der Waals surface area contributed by atoms with Crippen molar-refractivity contribution in [1.29, 1.82) is 0 Å². The molecule has 0 radical (unpaired) electrons. The van der Waals surface area contributed by atoms with Crippen molar-refractivity contribution in [2.75, 3.05) is 13.6 Å². The van der Waals surface area contributed by atoms with Crippen LogP contribution >= 0.6 is 0 Å². The molecule has 1 aromatic carbocycles. The molecule has 0 saturated carbocycles. The van der Waals surface area contributed by atoms with Crippen LogP contribution in [-0.4, -0.2) is 32.1 Å². The zero-order valence-corrected chi connectivity index (χ0v) is 12.3. The van der Waals surface area contributed by atoms with Crippen LogP contribution in [0.15, 0.2) is 35.2 Å². The first-order chi connectivity index (χ1) is 8.98. The molecule has 0 aliphatic carbocycles. The Labute approximate surface area is 115 Å². The van der Waals surface area contributed by atoms with E-state index in [4.69, 9.17) is 0 Å². The molecule has 1 aromatic rings. The van der Waals surface area contributed by atoms with Gasteiger partial charge in [0.1, 0.15) is 5.78 Å². The Morgan fingerprint density at radius 2 is 1.79 bits per heavy atom. The second kappa shape index (κ2) is 7.40. The fraction of sp³-hybridized carbons (Fsp3) is 0.500. The Hall–Kier alpha value is -1.20. The molecule has 0 saturated heterocycles. The molecule has 0 aliphatic heterocycles. The number of benzene rings is 1. The van der Waals surface area contributed by atoms with Gasteiger partial charge in [0.05, 0.1) is 4.90 Å². The molecule has 0 amide bonds. The topological polar surface area (TPSA) is 54.5 Å². The maximum Gasteiger partial charge on any atom is 0.242 e. The van der Waals surface area contributed by atoms with Crippen LogP contribution in [0.5, 0.6) is 0 Å². The Balaban J connectivity index is 2.58. The molecular weight excluding hydrogens is 262 g/mol. The van der Waals surface area contributed by atoms with Gasteiger partial charge in [0.2, 0.25) is 10.0 Å². The van der Waals surface area contributed by atoms with Gasteiger partial charge in [-0.05, 0) is 18.6 Å². The summed E-state index contributed by atoms with van der Waals surface area (Å²) in [5.74, 6) is 0.122. The first-order valence-corrected chi connectivity index (χ1v) is 7.95. The van der Waals surface area contributed by atoms with E-state index < -0.39 is 10.0 Å². The van der Waals surface area contributed by atoms with Gasteiger partial charge >= 0.3 is 0 Å². The maximum atomic E-state index is 12.2. The van der Waals surface area contributed by atoms with Crippen LogP contribution in [0.4, 0.5) is 0 Å². The molecule has 0 unspecified atom stereocenters. The van der Waals surface area contributed by atoms with E-state index in [2.05, 4.69) is 0 Å². The second-order valence-corrected chi connectivity index (χ2v) is 6.58. The van der Waals surface area contributed by atoms with Crippen molar-refractivity contribution in [3.63, 3.8) is 0 Å². The zero-order chi connectivity index (χ0) is 14.3. The Bertz CT molecular complexity index is 497. The summed E-state index contributed by atoms with van der Waals surface area (Å²) in [5.41, 5.74) is 0. The maximum absolute atomic E-state index is 12.2. The van der Waals surface area contributed by atoms with Gasteiger partial charge in [0, 0.05) is 26.4 Å². The Morgan fingerprint density at radius 1 is 1.16 bits per heavy atom. The predicted molar refractivity (Wildman–Crippen MR) is 75.4 cm³/mol. The van der Waals surface area contributed by atoms with Gasteiger partial charge in [-0.25, -0.2) is 12.7 Å². The summed E-state index contributed by atoms with van der Waals surface area (Å²) in [7, 11) is -1.96. The number of carbonyl (C=O) groups is 1. The summed E-state index contributed by atoms with van der Waals surface area (Å²) in [6, 6.07) is 8.27. The van der Waals surface area contributed by atoms with Gasteiger partial charge in [-0.2, -0.15) is 0 Å². The van der Waals surface area contributed by atoms with E-state index in [9.17, 15) is 13.2 Å². The molecule has 0 aliphatic rings. The molecule has 0 atom stereocenters. The van der Waals surface area contributed by atoms with Crippen LogP contribution in [0.2, 0.25) is 0 Å². The molecule has 106 valence electrons. The first kappa shape index (κ1) is 15.9. The van der Waals surface area contributed by atoms with Crippen LogP contribution in [0.1, 0.15) is 32.6 Å². The number of unbranched alkanes of at least 4 members (excludes halogenated alkanes) is 1. The molecule has 1 rings (SSSR count). The Morgan fingerprint density at radius 3 is 2.37 bits per heavy atom. The van der Waals surface area contributed by atoms with Gasteiger partial charge in [0.25, 0.3) is 0 Å². The van der Waals surface area contributed by atoms with Crippen LogP contribution in [0.25, 0.3) is 0 Å². The Kier molecular flexibility index (Phi) is 6.18. The summed E-state index contributed by atoms with van der Waals surface area (Å²) in [5, 5.41) is 0. The highest BCUT2D eigenvalue weighted by Gasteiger charge is 2.20. The van der Waals surface area contributed by atoms with Crippen molar-refractivity contribution in [3.8, 4) is 0 Å². The summed E-state index contributed by atoms with van der Waals surface area (Å²) in [4.78, 5) is 11.8. The number of rotatable bonds is 8. The molecule has 19 heavy (non-hydrogen) atoms. The van der Waals surface area contributed by atoms with Crippen molar-refractivity contribution >= 4 is 15.8 Å². The number of hydrogen-bond donors (Lipinski definition) is 0. The average Bonchev–Trinajstić information content (AvgIpc) is 2.43. The number of nitrogens with zero attached hydrogens (tertiary/aromatic N) is 1. The van der Waals surface area contributed by atoms with Crippen molar-refractivity contribution in [3.05, 3.63) is 30.3 Å². The van der Waals surface area contributed by atoms with Crippen LogP contribution < -0.4 is 0 Å². The second-order valence-electron chi connectivity index (χ2n) is 4.53. The van der Waals surface area contributed by atoms with Gasteiger partial charge < -0.3 is 0 Å². The number of sulfonamides is 1. The fourth-order valence-corrected chi connectivity index (χ4v) is 2.87. The summed E-state index contributed by atoms with van der Waals surface area (Å²) >= 11 is 0. The normalized spacial score (nSPS) is 11.7. The average molecular weight is 283 g/mol. The third-order valence-corrected chi connectivity index (χ3v) is 4.84. The van der Waals surface area contributed by atoms with Gasteiger partial charge in [-0.1, -0.05) is 31.5 Å². The van der Waals surface area contributed by atoms with E-state index in [0.29, 0.717) is 6.42 Å².